The molecule has 0 radical (unpaired) electrons. The highest BCUT2D eigenvalue weighted by molar-refractivity contribution is 7.91. The van der Waals surface area contributed by atoms with Crippen LogP contribution >= 0.6 is 11.6 Å². The first-order valence-corrected chi connectivity index (χ1v) is 8.53. The molecule has 0 aromatic heterocycles. The van der Waals surface area contributed by atoms with E-state index in [2.05, 4.69) is 5.32 Å². The zero-order valence-electron chi connectivity index (χ0n) is 11.2. The third-order valence-corrected chi connectivity index (χ3v) is 5.40. The van der Waals surface area contributed by atoms with Crippen molar-refractivity contribution in [3.63, 3.8) is 0 Å². The number of carbonyl (C=O) groups excluding carboxylic acids is 1. The molecule has 1 aromatic carbocycles. The molecule has 0 saturated carbocycles. The van der Waals surface area contributed by atoms with E-state index in [9.17, 15) is 13.2 Å². The van der Waals surface area contributed by atoms with E-state index in [1.54, 1.807) is 25.2 Å². The van der Waals surface area contributed by atoms with Crippen molar-refractivity contribution >= 4 is 33.0 Å². The number of nitrogens with one attached hydrogen (secondary N) is 1. The van der Waals surface area contributed by atoms with Gasteiger partial charge in [-0.05, 0) is 24.6 Å². The SMILES string of the molecule is CN(C(=O)CNc1cccc(Cl)c1)C1CCS(=O)(=O)C1. The summed E-state index contributed by atoms with van der Waals surface area (Å²) < 4.78 is 22.8. The van der Waals surface area contributed by atoms with Crippen LogP contribution in [0.5, 0.6) is 0 Å². The zero-order valence-corrected chi connectivity index (χ0v) is 12.7. The molecule has 1 amide bonds. The maximum atomic E-state index is 12.0. The molecule has 1 N–H and O–H groups in total. The molecule has 0 bridgehead atoms. The van der Waals surface area contributed by atoms with Gasteiger partial charge in [-0.1, -0.05) is 17.7 Å². The van der Waals surface area contributed by atoms with Crippen LogP contribution in [0.2, 0.25) is 5.02 Å². The molecule has 20 heavy (non-hydrogen) atoms. The number of halogens is 1. The van der Waals surface area contributed by atoms with Gasteiger partial charge >= 0.3 is 0 Å². The third kappa shape index (κ3) is 3.86. The van der Waals surface area contributed by atoms with Crippen LogP contribution in [0.4, 0.5) is 5.69 Å². The monoisotopic (exact) mass is 316 g/mol. The molecule has 1 heterocycles. The zero-order chi connectivity index (χ0) is 14.8. The molecule has 0 spiro atoms. The molecule has 1 aliphatic heterocycles. The van der Waals surface area contributed by atoms with Crippen molar-refractivity contribution in [3.05, 3.63) is 29.3 Å². The molecule has 1 aromatic rings. The summed E-state index contributed by atoms with van der Waals surface area (Å²) in [5.74, 6) is 0.0933. The Morgan fingerprint density at radius 3 is 2.85 bits per heavy atom. The predicted molar refractivity (Wildman–Crippen MR) is 79.8 cm³/mol. The lowest BCUT2D eigenvalue weighted by Gasteiger charge is -2.23. The lowest BCUT2D eigenvalue weighted by Crippen LogP contribution is -2.40. The number of sulfone groups is 1. The average molecular weight is 317 g/mol. The molecular weight excluding hydrogens is 300 g/mol. The number of hydrogen-bond donors (Lipinski definition) is 1. The second-order valence-corrected chi connectivity index (χ2v) is 7.59. The Morgan fingerprint density at radius 1 is 1.50 bits per heavy atom. The van der Waals surface area contributed by atoms with Gasteiger partial charge in [0.25, 0.3) is 0 Å². The van der Waals surface area contributed by atoms with E-state index in [1.165, 1.54) is 4.90 Å². The molecule has 2 rings (SSSR count). The number of benzene rings is 1. The summed E-state index contributed by atoms with van der Waals surface area (Å²) in [4.78, 5) is 13.6. The maximum absolute atomic E-state index is 12.0. The fraction of sp³-hybridized carbons (Fsp3) is 0.462. The first-order valence-electron chi connectivity index (χ1n) is 6.33. The van der Waals surface area contributed by atoms with Crippen molar-refractivity contribution in [1.29, 1.82) is 0 Å². The highest BCUT2D eigenvalue weighted by Crippen LogP contribution is 2.17. The van der Waals surface area contributed by atoms with Gasteiger partial charge < -0.3 is 10.2 Å². The number of carbonyl (C=O) groups is 1. The molecule has 110 valence electrons. The number of rotatable bonds is 4. The average Bonchev–Trinajstić information content (AvgIpc) is 2.75. The maximum Gasteiger partial charge on any atom is 0.241 e. The van der Waals surface area contributed by atoms with Gasteiger partial charge in [0.15, 0.2) is 9.84 Å². The van der Waals surface area contributed by atoms with E-state index in [1.807, 2.05) is 6.07 Å². The standard InChI is InChI=1S/C13H17ClN2O3S/c1-16(12-5-6-20(18,19)9-12)13(17)8-15-11-4-2-3-10(14)7-11/h2-4,7,12,15H,5-6,8-9H2,1H3. The van der Waals surface area contributed by atoms with Crippen molar-refractivity contribution in [1.82, 2.24) is 4.90 Å². The summed E-state index contributed by atoms with van der Waals surface area (Å²) in [5, 5.41) is 3.58. The van der Waals surface area contributed by atoms with E-state index in [-0.39, 0.29) is 30.0 Å². The quantitative estimate of drug-likeness (QED) is 0.912. The minimum Gasteiger partial charge on any atom is -0.376 e. The molecule has 1 aliphatic rings. The minimum atomic E-state index is -2.98. The van der Waals surface area contributed by atoms with E-state index >= 15 is 0 Å². The number of nitrogens with zero attached hydrogens (tertiary/aromatic N) is 1. The summed E-state index contributed by atoms with van der Waals surface area (Å²) in [6.45, 7) is 0.118. The second-order valence-electron chi connectivity index (χ2n) is 4.93. The fourth-order valence-electron chi connectivity index (χ4n) is 2.19. The minimum absolute atomic E-state index is 0.0619. The highest BCUT2D eigenvalue weighted by Gasteiger charge is 2.32. The first-order chi connectivity index (χ1) is 9.37. The predicted octanol–water partition coefficient (Wildman–Crippen LogP) is 1.40. The van der Waals surface area contributed by atoms with Gasteiger partial charge in [0.2, 0.25) is 5.91 Å². The number of hydrogen-bond acceptors (Lipinski definition) is 4. The molecule has 5 nitrogen and oxygen atoms in total. The van der Waals surface area contributed by atoms with Gasteiger partial charge in [-0.15, -0.1) is 0 Å². The Kier molecular flexibility index (Phi) is 4.55. The Labute approximate surface area is 123 Å². The van der Waals surface area contributed by atoms with Crippen LogP contribution in [0.1, 0.15) is 6.42 Å². The van der Waals surface area contributed by atoms with Gasteiger partial charge in [0.1, 0.15) is 0 Å². The van der Waals surface area contributed by atoms with Crippen molar-refractivity contribution in [2.75, 3.05) is 30.4 Å². The summed E-state index contributed by atoms with van der Waals surface area (Å²) in [6, 6.07) is 6.88. The lowest BCUT2D eigenvalue weighted by molar-refractivity contribution is -0.129. The van der Waals surface area contributed by atoms with E-state index in [4.69, 9.17) is 11.6 Å². The van der Waals surface area contributed by atoms with E-state index in [0.717, 1.165) is 5.69 Å². The molecule has 0 aliphatic carbocycles. The normalized spacial score (nSPS) is 20.6. The molecule has 7 heteroatoms. The van der Waals surface area contributed by atoms with Gasteiger partial charge in [0.05, 0.1) is 18.1 Å². The van der Waals surface area contributed by atoms with Crippen LogP contribution < -0.4 is 5.32 Å². The van der Waals surface area contributed by atoms with E-state index in [0.29, 0.717) is 11.4 Å². The Hall–Kier alpha value is -1.27. The van der Waals surface area contributed by atoms with Crippen LogP contribution in [-0.4, -0.2) is 50.4 Å². The summed E-state index contributed by atoms with van der Waals surface area (Å²) in [5.41, 5.74) is 0.762. The lowest BCUT2D eigenvalue weighted by atomic mass is 10.2. The van der Waals surface area contributed by atoms with Crippen molar-refractivity contribution < 1.29 is 13.2 Å². The fourth-order valence-corrected chi connectivity index (χ4v) is 4.15. The van der Waals surface area contributed by atoms with Crippen molar-refractivity contribution in [3.8, 4) is 0 Å². The topological polar surface area (TPSA) is 66.5 Å². The first kappa shape index (κ1) is 15.1. The van der Waals surface area contributed by atoms with Gasteiger partial charge in [-0.2, -0.15) is 0 Å². The van der Waals surface area contributed by atoms with Gasteiger partial charge in [0, 0.05) is 23.8 Å². The van der Waals surface area contributed by atoms with Crippen LogP contribution in [0.25, 0.3) is 0 Å². The van der Waals surface area contributed by atoms with Crippen LogP contribution in [-0.2, 0) is 14.6 Å². The largest absolute Gasteiger partial charge is 0.376 e. The Balaban J connectivity index is 1.89. The highest BCUT2D eigenvalue weighted by atomic mass is 35.5. The van der Waals surface area contributed by atoms with Crippen LogP contribution in [0, 0.1) is 0 Å². The second kappa shape index (κ2) is 6.01. The summed E-state index contributed by atoms with van der Waals surface area (Å²) in [7, 11) is -1.33. The van der Waals surface area contributed by atoms with Crippen LogP contribution in [0.15, 0.2) is 24.3 Å². The number of likely N-dealkylation sites (N-methyl/N-ethyl adjacent to an activating group) is 1. The molecule has 1 fully saturated rings. The van der Waals surface area contributed by atoms with Crippen molar-refractivity contribution in [2.45, 2.75) is 12.5 Å². The third-order valence-electron chi connectivity index (χ3n) is 3.42. The van der Waals surface area contributed by atoms with E-state index < -0.39 is 9.84 Å². The summed E-state index contributed by atoms with van der Waals surface area (Å²) in [6.07, 6.45) is 0.516. The smallest absolute Gasteiger partial charge is 0.241 e. The van der Waals surface area contributed by atoms with Gasteiger partial charge in [-0.25, -0.2) is 8.42 Å². The molecule has 1 unspecified atom stereocenters. The molecule has 1 saturated heterocycles. The summed E-state index contributed by atoms with van der Waals surface area (Å²) >= 11 is 5.86. The van der Waals surface area contributed by atoms with Crippen molar-refractivity contribution in [2.24, 2.45) is 0 Å². The number of anilines is 1. The van der Waals surface area contributed by atoms with Gasteiger partial charge in [-0.3, -0.25) is 4.79 Å². The number of amides is 1. The Bertz CT molecular complexity index is 603. The molecular formula is C13H17ClN2O3S. The molecule has 1 atom stereocenters. The Morgan fingerprint density at radius 2 is 2.25 bits per heavy atom. The van der Waals surface area contributed by atoms with Crippen LogP contribution in [0.3, 0.4) is 0 Å².